The maximum Gasteiger partial charge on any atom is 0.0265 e. The van der Waals surface area contributed by atoms with Crippen LogP contribution < -0.4 is 11.5 Å². The third-order valence-corrected chi connectivity index (χ3v) is 1.40. The van der Waals surface area contributed by atoms with E-state index in [0.29, 0.717) is 6.54 Å². The first-order valence-electron chi connectivity index (χ1n) is 3.16. The number of rotatable bonds is 1. The molecule has 4 N–H and O–H groups in total. The number of nitrogens with two attached hydrogens (primary N) is 2. The summed E-state index contributed by atoms with van der Waals surface area (Å²) in [6, 6.07) is 0.188. The Morgan fingerprint density at radius 1 is 1.67 bits per heavy atom. The minimum Gasteiger partial charge on any atom is -0.327 e. The smallest absolute Gasteiger partial charge is 0.0265 e. The summed E-state index contributed by atoms with van der Waals surface area (Å²) in [6.45, 7) is 0.601. The maximum atomic E-state index is 5.62. The van der Waals surface area contributed by atoms with Gasteiger partial charge < -0.3 is 11.5 Å². The standard InChI is InChI=1S/C7H12N2/c8-5-6-2-1-3-7(9)4-6/h1-2,4,7H,3,5,8-9H2. The molecule has 0 heterocycles. The molecule has 0 saturated heterocycles. The number of hydrogen-bond donors (Lipinski definition) is 2. The predicted octanol–water partition coefficient (Wildman–Crippen LogP) is 0.159. The fourth-order valence-electron chi connectivity index (χ4n) is 0.911. The third kappa shape index (κ3) is 1.66. The Kier molecular flexibility index (Phi) is 2.03. The van der Waals surface area contributed by atoms with E-state index in [1.165, 1.54) is 0 Å². The average Bonchev–Trinajstić information content (AvgIpc) is 1.88. The molecule has 0 aliphatic heterocycles. The Hall–Kier alpha value is -0.600. The van der Waals surface area contributed by atoms with Crippen molar-refractivity contribution in [2.24, 2.45) is 11.5 Å². The van der Waals surface area contributed by atoms with Crippen LogP contribution in [0.3, 0.4) is 0 Å². The molecule has 0 amide bonds. The highest BCUT2D eigenvalue weighted by Gasteiger charge is 2.01. The molecule has 2 nitrogen and oxygen atoms in total. The van der Waals surface area contributed by atoms with Crippen LogP contribution in [0.2, 0.25) is 0 Å². The van der Waals surface area contributed by atoms with Gasteiger partial charge >= 0.3 is 0 Å². The molecule has 0 fully saturated rings. The summed E-state index contributed by atoms with van der Waals surface area (Å²) >= 11 is 0. The van der Waals surface area contributed by atoms with Crippen molar-refractivity contribution in [1.29, 1.82) is 0 Å². The van der Waals surface area contributed by atoms with Gasteiger partial charge in [0.25, 0.3) is 0 Å². The molecular formula is C7H12N2. The van der Waals surface area contributed by atoms with Crippen LogP contribution in [0.4, 0.5) is 0 Å². The topological polar surface area (TPSA) is 52.0 Å². The van der Waals surface area contributed by atoms with Gasteiger partial charge in [-0.2, -0.15) is 0 Å². The Bertz CT molecular complexity index is 147. The lowest BCUT2D eigenvalue weighted by Crippen LogP contribution is -2.19. The summed E-state index contributed by atoms with van der Waals surface area (Å²) in [6.07, 6.45) is 7.06. The molecule has 0 aromatic rings. The van der Waals surface area contributed by atoms with Crippen LogP contribution in [0.25, 0.3) is 0 Å². The molecule has 0 bridgehead atoms. The normalized spacial score (nSPS) is 26.0. The summed E-state index contributed by atoms with van der Waals surface area (Å²) in [5.74, 6) is 0. The molecule has 50 valence electrons. The van der Waals surface area contributed by atoms with Crippen molar-refractivity contribution in [2.45, 2.75) is 12.5 Å². The quantitative estimate of drug-likeness (QED) is 0.523. The monoisotopic (exact) mass is 124 g/mol. The summed E-state index contributed by atoms with van der Waals surface area (Å²) < 4.78 is 0. The Labute approximate surface area is 55.2 Å². The molecule has 0 saturated carbocycles. The zero-order chi connectivity index (χ0) is 6.69. The highest BCUT2D eigenvalue weighted by atomic mass is 14.6. The molecular weight excluding hydrogens is 112 g/mol. The van der Waals surface area contributed by atoms with E-state index in [1.807, 2.05) is 12.2 Å². The van der Waals surface area contributed by atoms with Crippen LogP contribution in [0.15, 0.2) is 23.8 Å². The van der Waals surface area contributed by atoms with Gasteiger partial charge in [0.1, 0.15) is 0 Å². The second kappa shape index (κ2) is 2.80. The van der Waals surface area contributed by atoms with E-state index in [4.69, 9.17) is 11.5 Å². The molecule has 0 radical (unpaired) electrons. The van der Waals surface area contributed by atoms with Gasteiger partial charge in [0.2, 0.25) is 0 Å². The summed E-state index contributed by atoms with van der Waals surface area (Å²) in [5.41, 5.74) is 12.2. The fourth-order valence-corrected chi connectivity index (χ4v) is 0.911. The Balaban J connectivity index is 2.59. The van der Waals surface area contributed by atoms with Gasteiger partial charge in [0.05, 0.1) is 0 Å². The van der Waals surface area contributed by atoms with Gasteiger partial charge in [0.15, 0.2) is 0 Å². The van der Waals surface area contributed by atoms with E-state index in [-0.39, 0.29) is 6.04 Å². The minimum atomic E-state index is 0.188. The molecule has 0 spiro atoms. The minimum absolute atomic E-state index is 0.188. The van der Waals surface area contributed by atoms with Crippen LogP contribution >= 0.6 is 0 Å². The molecule has 9 heavy (non-hydrogen) atoms. The van der Waals surface area contributed by atoms with Crippen molar-refractivity contribution in [3.8, 4) is 0 Å². The summed E-state index contributed by atoms with van der Waals surface area (Å²) in [7, 11) is 0. The van der Waals surface area contributed by atoms with Crippen LogP contribution in [0, 0.1) is 0 Å². The fraction of sp³-hybridized carbons (Fsp3) is 0.429. The van der Waals surface area contributed by atoms with Gasteiger partial charge in [0, 0.05) is 12.6 Å². The van der Waals surface area contributed by atoms with Crippen LogP contribution in [-0.2, 0) is 0 Å². The third-order valence-electron chi connectivity index (χ3n) is 1.40. The van der Waals surface area contributed by atoms with Crippen LogP contribution in [0.1, 0.15) is 6.42 Å². The van der Waals surface area contributed by atoms with Gasteiger partial charge in [-0.1, -0.05) is 18.2 Å². The molecule has 1 unspecified atom stereocenters. The summed E-state index contributed by atoms with van der Waals surface area (Å²) in [5, 5.41) is 0. The summed E-state index contributed by atoms with van der Waals surface area (Å²) in [4.78, 5) is 0. The number of hydrogen-bond acceptors (Lipinski definition) is 2. The first-order chi connectivity index (χ1) is 4.33. The van der Waals surface area contributed by atoms with Crippen molar-refractivity contribution in [1.82, 2.24) is 0 Å². The van der Waals surface area contributed by atoms with Crippen molar-refractivity contribution >= 4 is 0 Å². The van der Waals surface area contributed by atoms with Gasteiger partial charge in [-0.25, -0.2) is 0 Å². The van der Waals surface area contributed by atoms with Crippen molar-refractivity contribution in [3.05, 3.63) is 23.8 Å². The lowest BCUT2D eigenvalue weighted by atomic mass is 10.0. The van der Waals surface area contributed by atoms with Gasteiger partial charge in [-0.15, -0.1) is 0 Å². The zero-order valence-electron chi connectivity index (χ0n) is 5.38. The predicted molar refractivity (Wildman–Crippen MR) is 38.9 cm³/mol. The first kappa shape index (κ1) is 6.52. The van der Waals surface area contributed by atoms with Crippen molar-refractivity contribution in [3.63, 3.8) is 0 Å². The van der Waals surface area contributed by atoms with Crippen molar-refractivity contribution in [2.75, 3.05) is 6.54 Å². The molecule has 0 aromatic heterocycles. The van der Waals surface area contributed by atoms with Gasteiger partial charge in [-0.3, -0.25) is 0 Å². The van der Waals surface area contributed by atoms with Crippen molar-refractivity contribution < 1.29 is 0 Å². The maximum absolute atomic E-state index is 5.62. The highest BCUT2D eigenvalue weighted by molar-refractivity contribution is 5.26. The molecule has 2 heteroatoms. The van der Waals surface area contributed by atoms with E-state index in [9.17, 15) is 0 Å². The lowest BCUT2D eigenvalue weighted by molar-refractivity contribution is 0.812. The van der Waals surface area contributed by atoms with Crippen LogP contribution in [0.5, 0.6) is 0 Å². The largest absolute Gasteiger partial charge is 0.327 e. The molecule has 1 aliphatic rings. The molecule has 1 atom stereocenters. The van der Waals surface area contributed by atoms with E-state index in [0.717, 1.165) is 12.0 Å². The molecule has 0 aromatic carbocycles. The van der Waals surface area contributed by atoms with E-state index < -0.39 is 0 Å². The Morgan fingerprint density at radius 2 is 2.44 bits per heavy atom. The lowest BCUT2D eigenvalue weighted by Gasteiger charge is -2.09. The molecule has 1 rings (SSSR count). The van der Waals surface area contributed by atoms with E-state index in [2.05, 4.69) is 6.08 Å². The highest BCUT2D eigenvalue weighted by Crippen LogP contribution is 2.06. The van der Waals surface area contributed by atoms with Crippen LogP contribution in [-0.4, -0.2) is 12.6 Å². The second-order valence-electron chi connectivity index (χ2n) is 2.25. The first-order valence-corrected chi connectivity index (χ1v) is 3.16. The SMILES string of the molecule is NCC1=CC(N)CC=C1. The van der Waals surface area contributed by atoms with E-state index >= 15 is 0 Å². The second-order valence-corrected chi connectivity index (χ2v) is 2.25. The van der Waals surface area contributed by atoms with Gasteiger partial charge in [-0.05, 0) is 12.0 Å². The zero-order valence-corrected chi connectivity index (χ0v) is 5.38. The van der Waals surface area contributed by atoms with E-state index in [1.54, 1.807) is 0 Å². The average molecular weight is 124 g/mol. The Morgan fingerprint density at radius 3 is 2.89 bits per heavy atom. The molecule has 1 aliphatic carbocycles.